The molecule has 4 heteroatoms. The SMILES string of the molecule is CC(Cc1cccc(F)c1)Nc1ccc(F)c(C#N)c1. The minimum atomic E-state index is -0.532. The Balaban J connectivity index is 2.05. The van der Waals surface area contributed by atoms with E-state index in [0.717, 1.165) is 5.56 Å². The van der Waals surface area contributed by atoms with Gasteiger partial charge in [-0.05, 0) is 49.2 Å². The third-order valence-corrected chi connectivity index (χ3v) is 2.93. The third-order valence-electron chi connectivity index (χ3n) is 2.93. The summed E-state index contributed by atoms with van der Waals surface area (Å²) in [5.74, 6) is -0.793. The Bertz CT molecular complexity index is 647. The molecule has 1 unspecified atom stereocenters. The number of hydrogen-bond donors (Lipinski definition) is 1. The Hall–Kier alpha value is -2.41. The van der Waals surface area contributed by atoms with Crippen LogP contribution in [-0.4, -0.2) is 6.04 Å². The number of nitriles is 1. The highest BCUT2D eigenvalue weighted by Crippen LogP contribution is 2.16. The number of rotatable bonds is 4. The molecule has 0 fully saturated rings. The Morgan fingerprint density at radius 3 is 2.70 bits per heavy atom. The molecular weight excluding hydrogens is 258 g/mol. The Morgan fingerprint density at radius 2 is 2.00 bits per heavy atom. The summed E-state index contributed by atoms with van der Waals surface area (Å²) in [6.07, 6.45) is 0.636. The van der Waals surface area contributed by atoms with Crippen molar-refractivity contribution in [2.45, 2.75) is 19.4 Å². The van der Waals surface area contributed by atoms with Gasteiger partial charge in [0, 0.05) is 11.7 Å². The molecule has 0 amide bonds. The van der Waals surface area contributed by atoms with Crippen LogP contribution in [0.1, 0.15) is 18.1 Å². The van der Waals surface area contributed by atoms with Gasteiger partial charge < -0.3 is 5.32 Å². The highest BCUT2D eigenvalue weighted by atomic mass is 19.1. The molecule has 1 N–H and O–H groups in total. The normalized spacial score (nSPS) is 11.7. The highest BCUT2D eigenvalue weighted by Gasteiger charge is 2.07. The fraction of sp³-hybridized carbons (Fsp3) is 0.188. The fourth-order valence-electron chi connectivity index (χ4n) is 2.05. The zero-order valence-electron chi connectivity index (χ0n) is 11.0. The zero-order valence-corrected chi connectivity index (χ0v) is 11.0. The molecular formula is C16H14F2N2. The number of hydrogen-bond acceptors (Lipinski definition) is 2. The molecule has 2 aromatic carbocycles. The molecule has 2 nitrogen and oxygen atoms in total. The Labute approximate surface area is 116 Å². The Morgan fingerprint density at radius 1 is 1.20 bits per heavy atom. The van der Waals surface area contributed by atoms with Crippen LogP contribution in [0.25, 0.3) is 0 Å². The van der Waals surface area contributed by atoms with E-state index in [1.165, 1.54) is 24.3 Å². The van der Waals surface area contributed by atoms with Crippen molar-refractivity contribution in [2.24, 2.45) is 0 Å². The summed E-state index contributed by atoms with van der Waals surface area (Å²) in [6.45, 7) is 1.94. The molecule has 0 aliphatic rings. The second-order valence-electron chi connectivity index (χ2n) is 4.69. The highest BCUT2D eigenvalue weighted by molar-refractivity contribution is 5.50. The maximum atomic E-state index is 13.2. The minimum Gasteiger partial charge on any atom is -0.382 e. The van der Waals surface area contributed by atoms with Crippen LogP contribution in [0.3, 0.4) is 0 Å². The van der Waals surface area contributed by atoms with Gasteiger partial charge in [0.1, 0.15) is 17.7 Å². The van der Waals surface area contributed by atoms with Crippen molar-refractivity contribution < 1.29 is 8.78 Å². The number of halogens is 2. The quantitative estimate of drug-likeness (QED) is 0.916. The molecule has 20 heavy (non-hydrogen) atoms. The number of anilines is 1. The average Bonchev–Trinajstić information content (AvgIpc) is 2.41. The van der Waals surface area contributed by atoms with E-state index in [-0.39, 0.29) is 17.4 Å². The van der Waals surface area contributed by atoms with Crippen molar-refractivity contribution in [3.8, 4) is 6.07 Å². The molecule has 0 spiro atoms. The summed E-state index contributed by atoms with van der Waals surface area (Å²) < 4.78 is 26.3. The molecule has 2 rings (SSSR count). The maximum Gasteiger partial charge on any atom is 0.141 e. The van der Waals surface area contributed by atoms with Gasteiger partial charge in [0.2, 0.25) is 0 Å². The number of nitrogens with one attached hydrogen (secondary N) is 1. The van der Waals surface area contributed by atoms with Crippen molar-refractivity contribution in [3.63, 3.8) is 0 Å². The summed E-state index contributed by atoms with van der Waals surface area (Å²) >= 11 is 0. The first kappa shape index (κ1) is 14.0. The van der Waals surface area contributed by atoms with Crippen molar-refractivity contribution >= 4 is 5.69 Å². The lowest BCUT2D eigenvalue weighted by Gasteiger charge is -2.15. The van der Waals surface area contributed by atoms with E-state index >= 15 is 0 Å². The van der Waals surface area contributed by atoms with Crippen molar-refractivity contribution in [3.05, 3.63) is 65.2 Å². The van der Waals surface area contributed by atoms with Crippen LogP contribution in [0.15, 0.2) is 42.5 Å². The standard InChI is InChI=1S/C16H14F2N2/c1-11(7-12-3-2-4-14(17)8-12)20-15-5-6-16(18)13(9-15)10-19/h2-6,8-9,11,20H,7H2,1H3. The fourth-order valence-corrected chi connectivity index (χ4v) is 2.05. The van der Waals surface area contributed by atoms with E-state index in [9.17, 15) is 8.78 Å². The van der Waals surface area contributed by atoms with Gasteiger partial charge in [-0.1, -0.05) is 12.1 Å². The predicted molar refractivity (Wildman–Crippen MR) is 74.3 cm³/mol. The van der Waals surface area contributed by atoms with Crippen LogP contribution in [0.5, 0.6) is 0 Å². The first-order valence-electron chi connectivity index (χ1n) is 6.29. The lowest BCUT2D eigenvalue weighted by Crippen LogP contribution is -2.18. The molecule has 0 heterocycles. The van der Waals surface area contributed by atoms with E-state index in [1.54, 1.807) is 18.2 Å². The molecule has 0 aliphatic carbocycles. The molecule has 0 radical (unpaired) electrons. The second kappa shape index (κ2) is 6.16. The molecule has 2 aromatic rings. The van der Waals surface area contributed by atoms with E-state index < -0.39 is 5.82 Å². The van der Waals surface area contributed by atoms with Crippen molar-refractivity contribution in [1.82, 2.24) is 0 Å². The van der Waals surface area contributed by atoms with Crippen LogP contribution in [0.4, 0.5) is 14.5 Å². The van der Waals surface area contributed by atoms with Crippen LogP contribution < -0.4 is 5.32 Å². The van der Waals surface area contributed by atoms with Gasteiger partial charge in [0.25, 0.3) is 0 Å². The van der Waals surface area contributed by atoms with Crippen LogP contribution in [0.2, 0.25) is 0 Å². The first-order valence-corrected chi connectivity index (χ1v) is 6.29. The average molecular weight is 272 g/mol. The summed E-state index contributed by atoms with van der Waals surface area (Å²) in [5, 5.41) is 12.0. The predicted octanol–water partition coefficient (Wildman–Crippen LogP) is 3.88. The van der Waals surface area contributed by atoms with E-state index in [1.807, 2.05) is 13.0 Å². The van der Waals surface area contributed by atoms with Crippen LogP contribution >= 0.6 is 0 Å². The minimum absolute atomic E-state index is 0.00737. The third kappa shape index (κ3) is 3.55. The summed E-state index contributed by atoms with van der Waals surface area (Å²) in [4.78, 5) is 0. The van der Waals surface area contributed by atoms with Crippen molar-refractivity contribution in [1.29, 1.82) is 5.26 Å². The molecule has 0 saturated heterocycles. The van der Waals surface area contributed by atoms with Crippen molar-refractivity contribution in [2.75, 3.05) is 5.32 Å². The molecule has 1 atom stereocenters. The number of benzene rings is 2. The largest absolute Gasteiger partial charge is 0.382 e. The lowest BCUT2D eigenvalue weighted by molar-refractivity contribution is 0.622. The van der Waals surface area contributed by atoms with Gasteiger partial charge in [0.05, 0.1) is 5.56 Å². The van der Waals surface area contributed by atoms with Gasteiger partial charge in [-0.3, -0.25) is 0 Å². The van der Waals surface area contributed by atoms with E-state index in [0.29, 0.717) is 12.1 Å². The Kier molecular flexibility index (Phi) is 4.31. The van der Waals surface area contributed by atoms with Gasteiger partial charge in [-0.15, -0.1) is 0 Å². The zero-order chi connectivity index (χ0) is 14.5. The topological polar surface area (TPSA) is 35.8 Å². The van der Waals surface area contributed by atoms with Gasteiger partial charge in [0.15, 0.2) is 0 Å². The lowest BCUT2D eigenvalue weighted by atomic mass is 10.1. The van der Waals surface area contributed by atoms with Gasteiger partial charge >= 0.3 is 0 Å². The van der Waals surface area contributed by atoms with Crippen LogP contribution in [-0.2, 0) is 6.42 Å². The summed E-state index contributed by atoms with van der Waals surface area (Å²) in [5.41, 5.74) is 1.56. The maximum absolute atomic E-state index is 13.2. The van der Waals surface area contributed by atoms with E-state index in [2.05, 4.69) is 5.32 Å². The summed E-state index contributed by atoms with van der Waals surface area (Å²) in [6, 6.07) is 12.6. The smallest absolute Gasteiger partial charge is 0.141 e. The summed E-state index contributed by atoms with van der Waals surface area (Å²) in [7, 11) is 0. The number of nitrogens with zero attached hydrogens (tertiary/aromatic N) is 1. The molecule has 0 saturated carbocycles. The first-order chi connectivity index (χ1) is 9.58. The molecule has 0 aliphatic heterocycles. The molecule has 0 bridgehead atoms. The van der Waals surface area contributed by atoms with Crippen LogP contribution in [0, 0.1) is 23.0 Å². The molecule has 102 valence electrons. The monoisotopic (exact) mass is 272 g/mol. The van der Waals surface area contributed by atoms with Gasteiger partial charge in [-0.2, -0.15) is 5.26 Å². The molecule has 0 aromatic heterocycles. The van der Waals surface area contributed by atoms with E-state index in [4.69, 9.17) is 5.26 Å². The second-order valence-corrected chi connectivity index (χ2v) is 4.69. The van der Waals surface area contributed by atoms with Gasteiger partial charge in [-0.25, -0.2) is 8.78 Å².